The Labute approximate surface area is 128 Å². The van der Waals surface area contributed by atoms with Crippen molar-refractivity contribution in [3.05, 3.63) is 68.5 Å². The SMILES string of the molecule is O=C(NCc1ccc2[nH]c(=O)[nH]c2c1)c1cccc(Br)c1. The Morgan fingerprint density at radius 3 is 2.71 bits per heavy atom. The van der Waals surface area contributed by atoms with Gasteiger partial charge in [0.15, 0.2) is 0 Å². The van der Waals surface area contributed by atoms with Crippen molar-refractivity contribution < 1.29 is 4.79 Å². The van der Waals surface area contributed by atoms with Gasteiger partial charge in [-0.15, -0.1) is 0 Å². The topological polar surface area (TPSA) is 77.8 Å². The molecule has 0 aliphatic heterocycles. The van der Waals surface area contributed by atoms with Crippen molar-refractivity contribution in [1.82, 2.24) is 15.3 Å². The summed E-state index contributed by atoms with van der Waals surface area (Å²) in [7, 11) is 0. The van der Waals surface area contributed by atoms with E-state index in [0.29, 0.717) is 12.1 Å². The van der Waals surface area contributed by atoms with Gasteiger partial charge in [0, 0.05) is 16.6 Å². The summed E-state index contributed by atoms with van der Waals surface area (Å²) in [4.78, 5) is 28.6. The van der Waals surface area contributed by atoms with Gasteiger partial charge in [-0.05, 0) is 35.9 Å². The highest BCUT2D eigenvalue weighted by Gasteiger charge is 2.06. The van der Waals surface area contributed by atoms with Gasteiger partial charge < -0.3 is 15.3 Å². The second kappa shape index (κ2) is 5.57. The van der Waals surface area contributed by atoms with Gasteiger partial charge in [0.25, 0.3) is 5.91 Å². The second-order valence-electron chi connectivity index (χ2n) is 4.65. The molecule has 0 saturated carbocycles. The van der Waals surface area contributed by atoms with Crippen LogP contribution in [-0.2, 0) is 6.54 Å². The van der Waals surface area contributed by atoms with Crippen LogP contribution in [0.2, 0.25) is 0 Å². The lowest BCUT2D eigenvalue weighted by molar-refractivity contribution is 0.0951. The Bertz CT molecular complexity index is 866. The summed E-state index contributed by atoms with van der Waals surface area (Å²) in [5.74, 6) is -0.140. The van der Waals surface area contributed by atoms with Gasteiger partial charge in [-0.1, -0.05) is 28.1 Å². The first-order chi connectivity index (χ1) is 10.1. The average molecular weight is 346 g/mol. The number of aromatic amines is 2. The lowest BCUT2D eigenvalue weighted by atomic mass is 10.2. The molecular formula is C15H12BrN3O2. The van der Waals surface area contributed by atoms with Crippen molar-refractivity contribution in [2.75, 3.05) is 0 Å². The number of amides is 1. The number of carbonyl (C=O) groups is 1. The number of hydrogen-bond donors (Lipinski definition) is 3. The van der Waals surface area contributed by atoms with Crippen LogP contribution >= 0.6 is 15.9 Å². The number of H-pyrrole nitrogens is 2. The molecule has 0 unspecified atom stereocenters. The Morgan fingerprint density at radius 1 is 1.10 bits per heavy atom. The number of halogens is 1. The van der Waals surface area contributed by atoms with E-state index in [4.69, 9.17) is 0 Å². The van der Waals surface area contributed by atoms with Crippen molar-refractivity contribution in [3.8, 4) is 0 Å². The van der Waals surface area contributed by atoms with Crippen molar-refractivity contribution >= 4 is 32.9 Å². The van der Waals surface area contributed by atoms with Gasteiger partial charge in [-0.3, -0.25) is 4.79 Å². The Morgan fingerprint density at radius 2 is 1.90 bits per heavy atom. The highest BCUT2D eigenvalue weighted by molar-refractivity contribution is 9.10. The van der Waals surface area contributed by atoms with Crippen LogP contribution in [0.5, 0.6) is 0 Å². The van der Waals surface area contributed by atoms with E-state index in [2.05, 4.69) is 31.2 Å². The summed E-state index contributed by atoms with van der Waals surface area (Å²) in [5.41, 5.74) is 2.76. The van der Waals surface area contributed by atoms with E-state index in [9.17, 15) is 9.59 Å². The lowest BCUT2D eigenvalue weighted by Crippen LogP contribution is -2.22. The van der Waals surface area contributed by atoms with Gasteiger partial charge in [0.1, 0.15) is 0 Å². The molecule has 0 saturated heterocycles. The maximum Gasteiger partial charge on any atom is 0.323 e. The summed E-state index contributed by atoms with van der Waals surface area (Å²) >= 11 is 3.34. The van der Waals surface area contributed by atoms with Crippen LogP contribution in [0.25, 0.3) is 11.0 Å². The Balaban J connectivity index is 1.73. The molecule has 0 aliphatic carbocycles. The van der Waals surface area contributed by atoms with E-state index < -0.39 is 0 Å². The minimum atomic E-state index is -0.236. The maximum atomic E-state index is 12.0. The molecule has 0 spiro atoms. The molecule has 106 valence electrons. The van der Waals surface area contributed by atoms with Gasteiger partial charge in [-0.2, -0.15) is 0 Å². The fraction of sp³-hybridized carbons (Fsp3) is 0.0667. The van der Waals surface area contributed by atoms with Crippen LogP contribution in [0.15, 0.2) is 51.7 Å². The first-order valence-corrected chi connectivity index (χ1v) is 7.16. The molecule has 0 bridgehead atoms. The third-order valence-electron chi connectivity index (χ3n) is 3.12. The monoisotopic (exact) mass is 345 g/mol. The summed E-state index contributed by atoms with van der Waals surface area (Å²) in [6.07, 6.45) is 0. The number of fused-ring (bicyclic) bond motifs is 1. The van der Waals surface area contributed by atoms with Gasteiger partial charge in [0.05, 0.1) is 11.0 Å². The van der Waals surface area contributed by atoms with E-state index >= 15 is 0 Å². The van der Waals surface area contributed by atoms with Crippen LogP contribution in [-0.4, -0.2) is 15.9 Å². The smallest absolute Gasteiger partial charge is 0.323 e. The van der Waals surface area contributed by atoms with Gasteiger partial charge >= 0.3 is 5.69 Å². The summed E-state index contributed by atoms with van der Waals surface area (Å²) in [5, 5.41) is 2.85. The number of nitrogens with one attached hydrogen (secondary N) is 3. The predicted molar refractivity (Wildman–Crippen MR) is 84.2 cm³/mol. The predicted octanol–water partition coefficient (Wildman–Crippen LogP) is 2.55. The minimum absolute atomic E-state index is 0.140. The van der Waals surface area contributed by atoms with E-state index in [1.807, 2.05) is 30.3 Å². The van der Waals surface area contributed by atoms with E-state index in [0.717, 1.165) is 21.1 Å². The molecule has 3 rings (SSSR count). The molecule has 3 aromatic rings. The fourth-order valence-corrected chi connectivity index (χ4v) is 2.50. The van der Waals surface area contributed by atoms with Crippen LogP contribution in [0.3, 0.4) is 0 Å². The van der Waals surface area contributed by atoms with Gasteiger partial charge in [0.2, 0.25) is 0 Å². The number of rotatable bonds is 3. The second-order valence-corrected chi connectivity index (χ2v) is 5.57. The number of carbonyl (C=O) groups excluding carboxylic acids is 1. The summed E-state index contributed by atoms with van der Waals surface area (Å²) in [6, 6.07) is 12.7. The Kier molecular flexibility index (Phi) is 3.62. The molecule has 1 amide bonds. The third-order valence-corrected chi connectivity index (χ3v) is 3.61. The molecule has 3 N–H and O–H groups in total. The molecular weight excluding hydrogens is 334 g/mol. The zero-order valence-electron chi connectivity index (χ0n) is 10.9. The highest BCUT2D eigenvalue weighted by atomic mass is 79.9. The van der Waals surface area contributed by atoms with E-state index in [1.165, 1.54) is 0 Å². The molecule has 1 aromatic heterocycles. The zero-order valence-corrected chi connectivity index (χ0v) is 12.5. The Hall–Kier alpha value is -2.34. The van der Waals surface area contributed by atoms with Crippen LogP contribution in [0.4, 0.5) is 0 Å². The molecule has 0 fully saturated rings. The quantitative estimate of drug-likeness (QED) is 0.682. The third kappa shape index (κ3) is 3.05. The molecule has 0 aliphatic rings. The van der Waals surface area contributed by atoms with Crippen LogP contribution in [0, 0.1) is 0 Å². The fourth-order valence-electron chi connectivity index (χ4n) is 2.10. The van der Waals surface area contributed by atoms with E-state index in [-0.39, 0.29) is 11.6 Å². The summed E-state index contributed by atoms with van der Waals surface area (Å²) in [6.45, 7) is 0.397. The molecule has 5 nitrogen and oxygen atoms in total. The minimum Gasteiger partial charge on any atom is -0.348 e. The maximum absolute atomic E-state index is 12.0. The van der Waals surface area contributed by atoms with Crippen LogP contribution in [0.1, 0.15) is 15.9 Å². The number of aromatic nitrogens is 2. The normalized spacial score (nSPS) is 10.7. The van der Waals surface area contributed by atoms with Crippen molar-refractivity contribution in [3.63, 3.8) is 0 Å². The molecule has 0 atom stereocenters. The van der Waals surface area contributed by atoms with Crippen molar-refractivity contribution in [1.29, 1.82) is 0 Å². The van der Waals surface area contributed by atoms with E-state index in [1.54, 1.807) is 12.1 Å². The largest absolute Gasteiger partial charge is 0.348 e. The molecule has 6 heteroatoms. The number of benzene rings is 2. The molecule has 0 radical (unpaired) electrons. The van der Waals surface area contributed by atoms with Crippen molar-refractivity contribution in [2.45, 2.75) is 6.54 Å². The number of imidazole rings is 1. The first kappa shape index (κ1) is 13.6. The highest BCUT2D eigenvalue weighted by Crippen LogP contribution is 2.13. The lowest BCUT2D eigenvalue weighted by Gasteiger charge is -2.06. The van der Waals surface area contributed by atoms with Crippen molar-refractivity contribution in [2.24, 2.45) is 0 Å². The number of hydrogen-bond acceptors (Lipinski definition) is 2. The van der Waals surface area contributed by atoms with Crippen LogP contribution < -0.4 is 11.0 Å². The zero-order chi connectivity index (χ0) is 14.8. The standard InChI is InChI=1S/C15H12BrN3O2/c16-11-3-1-2-10(7-11)14(20)17-8-9-4-5-12-13(6-9)19-15(21)18-12/h1-7H,8H2,(H,17,20)(H2,18,19,21). The van der Waals surface area contributed by atoms with Gasteiger partial charge in [-0.25, -0.2) is 4.79 Å². The molecule has 2 aromatic carbocycles. The first-order valence-electron chi connectivity index (χ1n) is 6.36. The summed E-state index contributed by atoms with van der Waals surface area (Å²) < 4.78 is 0.862. The average Bonchev–Trinajstić information content (AvgIpc) is 2.84. The molecule has 1 heterocycles. The molecule has 21 heavy (non-hydrogen) atoms.